The zero-order valence-electron chi connectivity index (χ0n) is 6.04. The van der Waals surface area contributed by atoms with E-state index in [2.05, 4.69) is 0 Å². The standard InChI is InChI=1S/C7H6O2.Cu.2H2O/c8-7(9)6-4-2-1-3-5-6;;;/h1-5H,(H,8,9);;2*1H2. The van der Waals surface area contributed by atoms with Gasteiger partial charge in [0.15, 0.2) is 0 Å². The molecule has 0 atom stereocenters. The van der Waals surface area contributed by atoms with Gasteiger partial charge in [0.05, 0.1) is 5.56 Å². The van der Waals surface area contributed by atoms with Gasteiger partial charge in [-0.3, -0.25) is 0 Å². The van der Waals surface area contributed by atoms with E-state index in [0.717, 1.165) is 0 Å². The van der Waals surface area contributed by atoms with Crippen molar-refractivity contribution in [3.05, 3.63) is 35.9 Å². The van der Waals surface area contributed by atoms with Crippen LogP contribution >= 0.6 is 0 Å². The molecule has 0 amide bonds. The SMILES string of the molecule is O.O.O=C(O)c1ccccc1.[Cu]. The summed E-state index contributed by atoms with van der Waals surface area (Å²) in [5, 5.41) is 8.38. The molecule has 12 heavy (non-hydrogen) atoms. The van der Waals surface area contributed by atoms with Gasteiger partial charge in [0.25, 0.3) is 0 Å². The summed E-state index contributed by atoms with van der Waals surface area (Å²) in [6.45, 7) is 0. The second kappa shape index (κ2) is 8.23. The van der Waals surface area contributed by atoms with Crippen LogP contribution < -0.4 is 0 Å². The Hall–Kier alpha value is -0.871. The first-order chi connectivity index (χ1) is 4.30. The minimum atomic E-state index is -0.879. The van der Waals surface area contributed by atoms with E-state index in [1.165, 1.54) is 0 Å². The Bertz CT molecular complexity index is 212. The molecule has 0 saturated carbocycles. The van der Waals surface area contributed by atoms with E-state index in [4.69, 9.17) is 5.11 Å². The number of hydrogen-bond acceptors (Lipinski definition) is 1. The molecule has 0 aliphatic rings. The number of carboxylic acid groups (broad SMARTS) is 1. The Morgan fingerprint density at radius 1 is 1.08 bits per heavy atom. The zero-order valence-corrected chi connectivity index (χ0v) is 6.99. The number of aromatic carboxylic acids is 1. The van der Waals surface area contributed by atoms with Crippen molar-refractivity contribution in [2.75, 3.05) is 0 Å². The first kappa shape index (κ1) is 17.3. The molecule has 1 aromatic carbocycles. The van der Waals surface area contributed by atoms with Crippen LogP contribution in [0, 0.1) is 0 Å². The molecule has 0 aliphatic heterocycles. The second-order valence-corrected chi connectivity index (χ2v) is 1.67. The van der Waals surface area contributed by atoms with Crippen molar-refractivity contribution in [1.82, 2.24) is 0 Å². The molecule has 0 aliphatic carbocycles. The summed E-state index contributed by atoms with van der Waals surface area (Å²) in [4.78, 5) is 10.2. The molecule has 1 aromatic rings. The van der Waals surface area contributed by atoms with Gasteiger partial charge in [-0.15, -0.1) is 0 Å². The molecule has 5 heteroatoms. The van der Waals surface area contributed by atoms with Gasteiger partial charge in [0, 0.05) is 17.1 Å². The summed E-state index contributed by atoms with van der Waals surface area (Å²) in [6, 6.07) is 8.30. The number of carbonyl (C=O) groups is 1. The molecule has 1 rings (SSSR count). The van der Waals surface area contributed by atoms with Crippen molar-refractivity contribution < 1.29 is 37.9 Å². The Labute approximate surface area is 80.3 Å². The third kappa shape index (κ3) is 4.87. The Kier molecular flexibility index (Phi) is 11.8. The molecule has 5 N–H and O–H groups in total. The summed E-state index contributed by atoms with van der Waals surface area (Å²) in [5.41, 5.74) is 0.331. The molecule has 0 unspecified atom stereocenters. The Morgan fingerprint density at radius 2 is 1.50 bits per heavy atom. The van der Waals surface area contributed by atoms with E-state index >= 15 is 0 Å². The molecule has 1 radical (unpaired) electrons. The average molecular weight is 222 g/mol. The normalized spacial score (nSPS) is 6.67. The monoisotopic (exact) mass is 221 g/mol. The van der Waals surface area contributed by atoms with Gasteiger partial charge in [-0.1, -0.05) is 18.2 Å². The molecular weight excluding hydrogens is 212 g/mol. The van der Waals surface area contributed by atoms with Gasteiger partial charge in [0.1, 0.15) is 0 Å². The van der Waals surface area contributed by atoms with Crippen LogP contribution in [0.1, 0.15) is 10.4 Å². The van der Waals surface area contributed by atoms with Crippen LogP contribution in [0.5, 0.6) is 0 Å². The van der Waals surface area contributed by atoms with Crippen LogP contribution in [-0.2, 0) is 17.1 Å². The molecule has 0 heterocycles. The van der Waals surface area contributed by atoms with Crippen molar-refractivity contribution in [3.8, 4) is 0 Å². The molecule has 0 bridgehead atoms. The van der Waals surface area contributed by atoms with Gasteiger partial charge < -0.3 is 16.1 Å². The van der Waals surface area contributed by atoms with Crippen LogP contribution in [0.3, 0.4) is 0 Å². The Balaban J connectivity index is -0.000000270. The van der Waals surface area contributed by atoms with E-state index in [1.54, 1.807) is 30.3 Å². The fourth-order valence-corrected chi connectivity index (χ4v) is 0.581. The molecular formula is C7H10CuO4. The predicted octanol–water partition coefficient (Wildman–Crippen LogP) is -0.267. The van der Waals surface area contributed by atoms with Crippen LogP contribution in [0.25, 0.3) is 0 Å². The summed E-state index contributed by atoms with van der Waals surface area (Å²) >= 11 is 0. The van der Waals surface area contributed by atoms with Gasteiger partial charge in [-0.2, -0.15) is 0 Å². The molecule has 4 nitrogen and oxygen atoms in total. The van der Waals surface area contributed by atoms with Gasteiger partial charge in [-0.25, -0.2) is 4.79 Å². The zero-order chi connectivity index (χ0) is 6.69. The largest absolute Gasteiger partial charge is 0.478 e. The van der Waals surface area contributed by atoms with E-state index in [-0.39, 0.29) is 28.0 Å². The third-order valence-electron chi connectivity index (χ3n) is 1.02. The van der Waals surface area contributed by atoms with Crippen molar-refractivity contribution in [3.63, 3.8) is 0 Å². The van der Waals surface area contributed by atoms with E-state index in [9.17, 15) is 4.79 Å². The number of rotatable bonds is 1. The van der Waals surface area contributed by atoms with Gasteiger partial charge >= 0.3 is 5.97 Å². The van der Waals surface area contributed by atoms with Crippen molar-refractivity contribution in [2.24, 2.45) is 0 Å². The van der Waals surface area contributed by atoms with Gasteiger partial charge in [0.2, 0.25) is 0 Å². The quantitative estimate of drug-likeness (QED) is 0.661. The second-order valence-electron chi connectivity index (χ2n) is 1.67. The predicted molar refractivity (Wildman–Crippen MR) is 40.6 cm³/mol. The van der Waals surface area contributed by atoms with Crippen LogP contribution in [0.2, 0.25) is 0 Å². The summed E-state index contributed by atoms with van der Waals surface area (Å²) in [7, 11) is 0. The molecule has 0 saturated heterocycles. The van der Waals surface area contributed by atoms with E-state index in [1.807, 2.05) is 0 Å². The maximum atomic E-state index is 10.2. The number of carboxylic acids is 1. The molecule has 73 valence electrons. The Morgan fingerprint density at radius 3 is 1.75 bits per heavy atom. The van der Waals surface area contributed by atoms with Gasteiger partial charge in [-0.05, 0) is 12.1 Å². The summed E-state index contributed by atoms with van der Waals surface area (Å²) < 4.78 is 0. The van der Waals surface area contributed by atoms with E-state index < -0.39 is 5.97 Å². The van der Waals surface area contributed by atoms with Crippen molar-refractivity contribution in [1.29, 1.82) is 0 Å². The maximum absolute atomic E-state index is 10.2. The first-order valence-corrected chi connectivity index (χ1v) is 2.59. The third-order valence-corrected chi connectivity index (χ3v) is 1.02. The average Bonchev–Trinajstić information content (AvgIpc) is 1.90. The van der Waals surface area contributed by atoms with Crippen LogP contribution in [0.15, 0.2) is 30.3 Å². The smallest absolute Gasteiger partial charge is 0.335 e. The van der Waals surface area contributed by atoms with E-state index in [0.29, 0.717) is 5.56 Å². The van der Waals surface area contributed by atoms with Crippen molar-refractivity contribution in [2.45, 2.75) is 0 Å². The minimum absolute atomic E-state index is 0. The number of hydrogen-bond donors (Lipinski definition) is 1. The molecule has 0 spiro atoms. The summed E-state index contributed by atoms with van der Waals surface area (Å²) in [6.07, 6.45) is 0. The summed E-state index contributed by atoms with van der Waals surface area (Å²) in [5.74, 6) is -0.879. The molecule has 0 aromatic heterocycles. The number of benzene rings is 1. The fraction of sp³-hybridized carbons (Fsp3) is 0. The first-order valence-electron chi connectivity index (χ1n) is 2.59. The molecule has 0 fully saturated rings. The topological polar surface area (TPSA) is 100 Å². The van der Waals surface area contributed by atoms with Crippen LogP contribution in [-0.4, -0.2) is 22.0 Å². The fourth-order valence-electron chi connectivity index (χ4n) is 0.581. The van der Waals surface area contributed by atoms with Crippen LogP contribution in [0.4, 0.5) is 0 Å². The maximum Gasteiger partial charge on any atom is 0.335 e. The minimum Gasteiger partial charge on any atom is -0.478 e. The van der Waals surface area contributed by atoms with Crippen molar-refractivity contribution >= 4 is 5.97 Å².